The van der Waals surface area contributed by atoms with Gasteiger partial charge in [-0.1, -0.05) is 323 Å². The molecule has 488 valence electrons. The van der Waals surface area contributed by atoms with Gasteiger partial charge in [-0.05, 0) is 175 Å². The number of aromatic nitrogens is 1. The van der Waals surface area contributed by atoms with Crippen LogP contribution in [0.3, 0.4) is 0 Å². The van der Waals surface area contributed by atoms with E-state index in [9.17, 15) is 0 Å². The molecule has 0 aliphatic carbocycles. The van der Waals surface area contributed by atoms with E-state index in [1.807, 2.05) is 0 Å². The van der Waals surface area contributed by atoms with Crippen molar-refractivity contribution in [2.24, 2.45) is 0 Å². The standard InChI is InChI=1S/C98H78BN3/c1-96(2,3)71-54-70(55-72(57-71)97(4,5)6)68-45-49-81-85(56-68)101(95-77(64-33-20-13-21-34-64)41-26-42-78(95)69-38-22-37-67(53-69)61-27-14-10-15-28-61)87-58-73(98(7,8)9)59-88-93(87)99(81)82-50-48-74(60-86(82)102(88)94-75(62-29-16-11-17-30-62)39-25-40-76(94)63-31-18-12-19-32-63)100-83-51-46-65-35-23-43-79-80-44-24-36-66-47-52-84(100)92(90(66)80)91(83)89(65)79/h10-60H,1-9H3. The Labute approximate surface area is 599 Å². The summed E-state index contributed by atoms with van der Waals surface area (Å²) in [6.45, 7) is 21.1. The second-order valence-corrected chi connectivity index (χ2v) is 31.6. The van der Waals surface area contributed by atoms with Gasteiger partial charge in [0, 0.05) is 61.5 Å². The van der Waals surface area contributed by atoms with Crippen LogP contribution in [-0.2, 0) is 16.2 Å². The fraction of sp³-hybridized carbons (Fsp3) is 0.122. The fourth-order valence-corrected chi connectivity index (χ4v) is 17.2. The third-order valence-electron chi connectivity index (χ3n) is 22.3. The molecule has 0 spiro atoms. The molecule has 102 heavy (non-hydrogen) atoms. The first-order chi connectivity index (χ1) is 49.5. The van der Waals surface area contributed by atoms with E-state index < -0.39 is 0 Å². The van der Waals surface area contributed by atoms with E-state index in [1.54, 1.807) is 0 Å². The third kappa shape index (κ3) is 9.63. The van der Waals surface area contributed by atoms with Crippen LogP contribution in [-0.4, -0.2) is 11.3 Å². The lowest BCUT2D eigenvalue weighted by Gasteiger charge is -2.46. The Morgan fingerprint density at radius 2 is 0.647 bits per heavy atom. The van der Waals surface area contributed by atoms with Gasteiger partial charge >= 0.3 is 0 Å². The van der Waals surface area contributed by atoms with Crippen molar-refractivity contribution in [3.05, 3.63) is 326 Å². The summed E-state index contributed by atoms with van der Waals surface area (Å²) in [5, 5.41) is 10.4. The quantitative estimate of drug-likeness (QED) is 0.0811. The molecule has 0 saturated carbocycles. The van der Waals surface area contributed by atoms with Crippen molar-refractivity contribution < 1.29 is 0 Å². The maximum Gasteiger partial charge on any atom is 0.252 e. The Hall–Kier alpha value is -11.7. The summed E-state index contributed by atoms with van der Waals surface area (Å²) in [7, 11) is 0. The lowest BCUT2D eigenvalue weighted by atomic mass is 9.33. The molecule has 16 aromatic carbocycles. The van der Waals surface area contributed by atoms with Gasteiger partial charge in [0.1, 0.15) is 0 Å². The van der Waals surface area contributed by atoms with Crippen molar-refractivity contribution in [3.8, 4) is 72.4 Å². The van der Waals surface area contributed by atoms with Gasteiger partial charge in [-0.3, -0.25) is 0 Å². The van der Waals surface area contributed by atoms with Crippen LogP contribution in [0.4, 0.5) is 34.1 Å². The van der Waals surface area contributed by atoms with Gasteiger partial charge in [0.2, 0.25) is 0 Å². The van der Waals surface area contributed by atoms with Gasteiger partial charge < -0.3 is 14.4 Å². The Bertz CT molecular complexity index is 5990. The molecule has 19 rings (SSSR count). The number of nitrogens with zero attached hydrogens (tertiary/aromatic N) is 3. The average Bonchev–Trinajstić information content (AvgIpc) is 1.21. The average molecular weight is 1310 g/mol. The Morgan fingerprint density at radius 1 is 0.255 bits per heavy atom. The maximum atomic E-state index is 2.73. The Kier molecular flexibility index (Phi) is 13.8. The summed E-state index contributed by atoms with van der Waals surface area (Å²) in [4.78, 5) is 5.45. The smallest absolute Gasteiger partial charge is 0.252 e. The molecule has 1 aromatic heterocycles. The minimum absolute atomic E-state index is 0.0916. The third-order valence-corrected chi connectivity index (χ3v) is 22.3. The topological polar surface area (TPSA) is 11.4 Å². The van der Waals surface area contributed by atoms with Crippen LogP contribution in [0, 0.1) is 0 Å². The van der Waals surface area contributed by atoms with E-state index in [1.165, 1.54) is 115 Å². The molecule has 2 aliphatic heterocycles. The molecule has 0 N–H and O–H groups in total. The molecule has 0 atom stereocenters. The van der Waals surface area contributed by atoms with Crippen LogP contribution in [0.25, 0.3) is 127 Å². The van der Waals surface area contributed by atoms with Crippen molar-refractivity contribution >= 4 is 111 Å². The van der Waals surface area contributed by atoms with Crippen LogP contribution in [0.1, 0.15) is 79.0 Å². The largest absolute Gasteiger partial charge is 0.310 e. The lowest BCUT2D eigenvalue weighted by molar-refractivity contribution is 0.569. The molecule has 0 unspecified atom stereocenters. The van der Waals surface area contributed by atoms with E-state index in [4.69, 9.17) is 0 Å². The molecule has 2 aliphatic rings. The zero-order valence-corrected chi connectivity index (χ0v) is 59.4. The highest BCUT2D eigenvalue weighted by Gasteiger charge is 2.46. The molecule has 0 radical (unpaired) electrons. The molecule has 0 bridgehead atoms. The van der Waals surface area contributed by atoms with Crippen molar-refractivity contribution in [2.75, 3.05) is 9.80 Å². The zero-order valence-electron chi connectivity index (χ0n) is 59.4. The first-order valence-corrected chi connectivity index (χ1v) is 36.3. The molecule has 3 heterocycles. The van der Waals surface area contributed by atoms with Gasteiger partial charge in [-0.2, -0.15) is 0 Å². The highest BCUT2D eigenvalue weighted by atomic mass is 15.2. The summed E-state index contributed by atoms with van der Waals surface area (Å²) in [6.07, 6.45) is 0. The minimum Gasteiger partial charge on any atom is -0.310 e. The van der Waals surface area contributed by atoms with Gasteiger partial charge in [0.25, 0.3) is 6.71 Å². The number of fused-ring (bicyclic) bond motifs is 5. The van der Waals surface area contributed by atoms with Crippen LogP contribution in [0.15, 0.2) is 309 Å². The lowest BCUT2D eigenvalue weighted by Crippen LogP contribution is -2.61. The second-order valence-electron chi connectivity index (χ2n) is 31.6. The number of rotatable bonds is 9. The summed E-state index contributed by atoms with van der Waals surface area (Å²) in [5.41, 5.74) is 31.6. The van der Waals surface area contributed by atoms with E-state index in [-0.39, 0.29) is 23.0 Å². The predicted octanol–water partition coefficient (Wildman–Crippen LogP) is 25.1. The number of hydrogen-bond acceptors (Lipinski definition) is 2. The van der Waals surface area contributed by atoms with Gasteiger partial charge in [-0.15, -0.1) is 0 Å². The van der Waals surface area contributed by atoms with E-state index in [0.717, 1.165) is 78.6 Å². The molecule has 17 aromatic rings. The van der Waals surface area contributed by atoms with Crippen LogP contribution in [0.2, 0.25) is 0 Å². The van der Waals surface area contributed by atoms with Crippen molar-refractivity contribution in [1.29, 1.82) is 0 Å². The first kappa shape index (κ1) is 61.4. The Morgan fingerprint density at radius 3 is 1.13 bits per heavy atom. The molecule has 3 nitrogen and oxygen atoms in total. The van der Waals surface area contributed by atoms with Crippen molar-refractivity contribution in [2.45, 2.75) is 78.6 Å². The molecule has 4 heteroatoms. The number of benzene rings is 16. The summed E-state index contributed by atoms with van der Waals surface area (Å²) < 4.78 is 2.59. The molecular formula is C98H78BN3. The van der Waals surface area contributed by atoms with Crippen LogP contribution in [0.5, 0.6) is 0 Å². The van der Waals surface area contributed by atoms with E-state index in [0.29, 0.717) is 0 Å². The number of para-hydroxylation sites is 2. The zero-order chi connectivity index (χ0) is 69.1. The minimum atomic E-state index is -0.315. The van der Waals surface area contributed by atoms with Crippen LogP contribution >= 0.6 is 0 Å². The van der Waals surface area contributed by atoms with E-state index in [2.05, 4.69) is 386 Å². The Balaban J connectivity index is 0.971. The fourth-order valence-electron chi connectivity index (χ4n) is 17.2. The molecular weight excluding hydrogens is 1230 g/mol. The number of anilines is 6. The summed E-state index contributed by atoms with van der Waals surface area (Å²) >= 11 is 0. The molecule has 0 saturated heterocycles. The SMILES string of the molecule is CC(C)(C)c1cc(-c2ccc3c(c2)N(c2c(-c4ccccc4)cccc2-c2cccc(-c4ccccc4)c2)c2cc(C(C)(C)C)cc4c2B3c2ccc(-n3c5ccc6cccc7c8cccc9ccc3c(c98)c5c67)cc2N4c2c(-c3ccccc3)cccc2-c2ccccc2)cc(C(C)(C)C)c1. The first-order valence-electron chi connectivity index (χ1n) is 36.3. The summed E-state index contributed by atoms with van der Waals surface area (Å²) in [6, 6.07) is 118. The molecule has 0 amide bonds. The van der Waals surface area contributed by atoms with Gasteiger partial charge in [-0.25, -0.2) is 0 Å². The second kappa shape index (κ2) is 22.9. The van der Waals surface area contributed by atoms with Crippen molar-refractivity contribution in [1.82, 2.24) is 4.57 Å². The maximum absolute atomic E-state index is 2.73. The van der Waals surface area contributed by atoms with Gasteiger partial charge in [0.15, 0.2) is 0 Å². The van der Waals surface area contributed by atoms with Crippen LogP contribution < -0.4 is 26.2 Å². The predicted molar refractivity (Wildman–Crippen MR) is 438 cm³/mol. The summed E-state index contributed by atoms with van der Waals surface area (Å²) in [5.74, 6) is 0. The van der Waals surface area contributed by atoms with Crippen molar-refractivity contribution in [3.63, 3.8) is 0 Å². The van der Waals surface area contributed by atoms with Gasteiger partial charge in [0.05, 0.1) is 22.4 Å². The monoisotopic (exact) mass is 1310 g/mol. The molecule has 0 fully saturated rings. The highest BCUT2D eigenvalue weighted by Crippen LogP contribution is 2.56. The highest BCUT2D eigenvalue weighted by molar-refractivity contribution is 7.00. The number of hydrogen-bond donors (Lipinski definition) is 0. The normalized spacial score (nSPS) is 13.1. The van der Waals surface area contributed by atoms with E-state index >= 15 is 0 Å².